The van der Waals surface area contributed by atoms with Gasteiger partial charge in [0, 0.05) is 28.6 Å². The monoisotopic (exact) mass is 576 g/mol. The van der Waals surface area contributed by atoms with Gasteiger partial charge in [0.25, 0.3) is 0 Å². The van der Waals surface area contributed by atoms with Crippen molar-refractivity contribution in [1.82, 2.24) is 10.3 Å². The molecule has 2 atom stereocenters. The van der Waals surface area contributed by atoms with E-state index in [1.807, 2.05) is 11.8 Å². The number of nitrogens with one attached hydrogen (secondary N) is 1. The lowest BCUT2D eigenvalue weighted by atomic mass is 9.83. The van der Waals surface area contributed by atoms with Crippen LogP contribution in [0.5, 0.6) is 5.88 Å². The molecule has 1 amide bonds. The number of nitrogens with two attached hydrogens (primary N) is 1. The van der Waals surface area contributed by atoms with Crippen LogP contribution >= 0.6 is 11.8 Å². The highest BCUT2D eigenvalue weighted by Crippen LogP contribution is 2.33. The number of rotatable bonds is 7. The van der Waals surface area contributed by atoms with Crippen LogP contribution in [0.2, 0.25) is 0 Å². The molecule has 0 aromatic carbocycles. The fourth-order valence-electron chi connectivity index (χ4n) is 4.03. The van der Waals surface area contributed by atoms with Crippen molar-refractivity contribution in [2.24, 2.45) is 16.6 Å². The lowest BCUT2D eigenvalue weighted by Gasteiger charge is -2.32. The van der Waals surface area contributed by atoms with Gasteiger partial charge in [0.1, 0.15) is 0 Å². The SMILES string of the molecule is CC(N=C1C[C@H](C)CC/C1=C(/N)c1cc(OCC(F)(F)F)ncc1F)C(C)(C)O.CC1(NC=O)CCSCC1. The molecule has 1 saturated carbocycles. The zero-order valence-corrected chi connectivity index (χ0v) is 24.0. The number of ether oxygens (including phenoxy) is 1. The number of amides is 1. The molecule has 3 rings (SSSR count). The maximum Gasteiger partial charge on any atom is 0.422 e. The summed E-state index contributed by atoms with van der Waals surface area (Å²) in [5.74, 6) is 1.57. The molecule has 39 heavy (non-hydrogen) atoms. The van der Waals surface area contributed by atoms with Crippen LogP contribution < -0.4 is 15.8 Å². The normalized spacial score (nSPS) is 22.8. The van der Waals surface area contributed by atoms with Crippen molar-refractivity contribution in [3.63, 3.8) is 0 Å². The van der Waals surface area contributed by atoms with Gasteiger partial charge in [-0.25, -0.2) is 9.37 Å². The van der Waals surface area contributed by atoms with Crippen molar-refractivity contribution in [3.8, 4) is 5.88 Å². The highest BCUT2D eigenvalue weighted by molar-refractivity contribution is 7.99. The van der Waals surface area contributed by atoms with Gasteiger partial charge in [-0.05, 0) is 82.8 Å². The van der Waals surface area contributed by atoms with Gasteiger partial charge in [0.15, 0.2) is 12.4 Å². The molecule has 1 unspecified atom stereocenters. The van der Waals surface area contributed by atoms with Crippen LogP contribution in [-0.4, -0.2) is 63.7 Å². The predicted molar refractivity (Wildman–Crippen MR) is 147 cm³/mol. The summed E-state index contributed by atoms with van der Waals surface area (Å²) < 4.78 is 56.1. The topological polar surface area (TPSA) is 110 Å². The van der Waals surface area contributed by atoms with Crippen molar-refractivity contribution in [2.75, 3.05) is 18.1 Å². The Morgan fingerprint density at radius 3 is 2.59 bits per heavy atom. The molecule has 1 aromatic heterocycles. The minimum Gasteiger partial charge on any atom is -0.468 e. The second-order valence-corrected chi connectivity index (χ2v) is 12.2. The van der Waals surface area contributed by atoms with Crippen LogP contribution in [0, 0.1) is 11.7 Å². The Hall–Kier alpha value is -2.34. The van der Waals surface area contributed by atoms with Gasteiger partial charge >= 0.3 is 6.18 Å². The van der Waals surface area contributed by atoms with Crippen molar-refractivity contribution in [3.05, 3.63) is 29.2 Å². The van der Waals surface area contributed by atoms with Crippen LogP contribution in [0.3, 0.4) is 0 Å². The second-order valence-electron chi connectivity index (χ2n) is 11.0. The molecule has 0 spiro atoms. The molecule has 0 radical (unpaired) electrons. The molecule has 1 saturated heterocycles. The van der Waals surface area contributed by atoms with Crippen molar-refractivity contribution in [1.29, 1.82) is 0 Å². The first-order valence-corrected chi connectivity index (χ1v) is 14.1. The highest BCUT2D eigenvalue weighted by atomic mass is 32.2. The third-order valence-corrected chi connectivity index (χ3v) is 7.97. The summed E-state index contributed by atoms with van der Waals surface area (Å²) in [5, 5.41) is 13.1. The van der Waals surface area contributed by atoms with Crippen molar-refractivity contribution >= 4 is 29.6 Å². The molecule has 2 heterocycles. The van der Waals surface area contributed by atoms with Crippen LogP contribution in [0.15, 0.2) is 22.8 Å². The Balaban J connectivity index is 0.000000446. The second kappa shape index (κ2) is 13.8. The van der Waals surface area contributed by atoms with E-state index in [-0.39, 0.29) is 22.7 Å². The predicted octanol–water partition coefficient (Wildman–Crippen LogP) is 5.27. The number of carbonyl (C=O) groups is 1. The summed E-state index contributed by atoms with van der Waals surface area (Å²) in [4.78, 5) is 18.3. The molecule has 1 aliphatic heterocycles. The average Bonchev–Trinajstić information content (AvgIpc) is 2.83. The molecular formula is C27H40F4N4O3S. The van der Waals surface area contributed by atoms with Crippen molar-refractivity contribution in [2.45, 2.75) is 90.1 Å². The van der Waals surface area contributed by atoms with Gasteiger partial charge < -0.3 is 20.9 Å². The Morgan fingerprint density at radius 2 is 2.03 bits per heavy atom. The first-order valence-electron chi connectivity index (χ1n) is 13.0. The third kappa shape index (κ3) is 10.6. The number of allylic oxidation sites excluding steroid dienone is 1. The van der Waals surface area contributed by atoms with Crippen LogP contribution in [0.1, 0.15) is 72.3 Å². The first-order chi connectivity index (χ1) is 18.0. The molecule has 7 nitrogen and oxygen atoms in total. The average molecular weight is 577 g/mol. The number of nitrogens with zero attached hydrogens (tertiary/aromatic N) is 2. The van der Waals surface area contributed by atoms with Gasteiger partial charge in [-0.2, -0.15) is 24.9 Å². The minimum absolute atomic E-state index is 0.0784. The van der Waals surface area contributed by atoms with Crippen LogP contribution in [0.4, 0.5) is 17.6 Å². The molecule has 1 aliphatic carbocycles. The third-order valence-electron chi connectivity index (χ3n) is 6.98. The molecule has 1 aromatic rings. The lowest BCUT2D eigenvalue weighted by molar-refractivity contribution is -0.154. The summed E-state index contributed by atoms with van der Waals surface area (Å²) in [6.07, 6.45) is 1.26. The Labute approximate surface area is 232 Å². The number of thioether (sulfide) groups is 1. The minimum atomic E-state index is -4.53. The summed E-state index contributed by atoms with van der Waals surface area (Å²) in [7, 11) is 0. The van der Waals surface area contributed by atoms with Gasteiger partial charge in [0.05, 0.1) is 17.8 Å². The summed E-state index contributed by atoms with van der Waals surface area (Å²) >= 11 is 1.97. The number of aliphatic hydroxyl groups is 1. The maximum absolute atomic E-state index is 14.4. The number of pyridine rings is 1. The van der Waals surface area contributed by atoms with Crippen LogP contribution in [-0.2, 0) is 4.79 Å². The van der Waals surface area contributed by atoms with E-state index in [9.17, 15) is 27.5 Å². The quantitative estimate of drug-likeness (QED) is 0.301. The standard InChI is InChI=1S/C20H27F4N3O2.C7H13NOS/c1-11-5-6-13(16(7-11)27-12(2)19(3,4)28)18(25)14-8-17(26-9-15(14)21)29-10-20(22,23)24;1-7(8-6-9)2-4-10-5-3-7/h8-9,11-12,28H,5-7,10,25H2,1-4H3;6H,2-5H2,1H3,(H,8,9)/b18-13-,27-16?;/t11-,12?;/m1./s1. The maximum atomic E-state index is 14.4. The molecule has 4 N–H and O–H groups in total. The van der Waals surface area contributed by atoms with Crippen LogP contribution in [0.25, 0.3) is 5.70 Å². The molecule has 2 fully saturated rings. The van der Waals surface area contributed by atoms with Crippen molar-refractivity contribution < 1.29 is 32.2 Å². The number of halogens is 4. The summed E-state index contributed by atoms with van der Waals surface area (Å²) in [6, 6.07) is 0.650. The highest BCUT2D eigenvalue weighted by Gasteiger charge is 2.30. The number of alkyl halides is 3. The zero-order chi connectivity index (χ0) is 29.4. The Morgan fingerprint density at radius 1 is 1.38 bits per heavy atom. The van der Waals surface area contributed by atoms with E-state index in [4.69, 9.17) is 5.73 Å². The zero-order valence-electron chi connectivity index (χ0n) is 23.2. The Bertz CT molecular complexity index is 1030. The fourth-order valence-corrected chi connectivity index (χ4v) is 5.43. The molecule has 0 bridgehead atoms. The summed E-state index contributed by atoms with van der Waals surface area (Å²) in [5.41, 5.74) is 6.59. The molecule has 2 aliphatic rings. The van der Waals surface area contributed by atoms with E-state index in [0.29, 0.717) is 30.0 Å². The van der Waals surface area contributed by atoms with E-state index in [1.54, 1.807) is 20.8 Å². The number of hydrogen-bond acceptors (Lipinski definition) is 7. The first kappa shape index (κ1) is 32.9. The van der Waals surface area contributed by atoms with Gasteiger partial charge in [-0.3, -0.25) is 9.79 Å². The van der Waals surface area contributed by atoms with E-state index >= 15 is 0 Å². The fraction of sp³-hybridized carbons (Fsp3) is 0.667. The number of hydrogen-bond donors (Lipinski definition) is 3. The molecular weight excluding hydrogens is 536 g/mol. The lowest BCUT2D eigenvalue weighted by Crippen LogP contribution is -2.44. The Kier molecular flexibility index (Phi) is 11.7. The smallest absolute Gasteiger partial charge is 0.422 e. The van der Waals surface area contributed by atoms with E-state index in [0.717, 1.165) is 37.9 Å². The summed E-state index contributed by atoms with van der Waals surface area (Å²) in [6.45, 7) is 7.71. The van der Waals surface area contributed by atoms with Gasteiger partial charge in [0.2, 0.25) is 12.3 Å². The largest absolute Gasteiger partial charge is 0.468 e. The van der Waals surface area contributed by atoms with E-state index < -0.39 is 30.2 Å². The molecule has 220 valence electrons. The number of aliphatic imine (C=N–C) groups is 1. The molecule has 12 heteroatoms. The van der Waals surface area contributed by atoms with Gasteiger partial charge in [-0.15, -0.1) is 0 Å². The number of carbonyl (C=O) groups excluding carboxylic acids is 1. The van der Waals surface area contributed by atoms with E-state index in [1.165, 1.54) is 11.5 Å². The van der Waals surface area contributed by atoms with Gasteiger partial charge in [-0.1, -0.05) is 6.92 Å². The number of aromatic nitrogens is 1. The van der Waals surface area contributed by atoms with E-state index in [2.05, 4.69) is 33.9 Å².